The second kappa shape index (κ2) is 4.07. The zero-order valence-electron chi connectivity index (χ0n) is 7.61. The average Bonchev–Trinajstić information content (AvgIpc) is 2.16. The van der Waals surface area contributed by atoms with Crippen molar-refractivity contribution in [3.05, 3.63) is 33.1 Å². The molecule has 0 atom stereocenters. The Labute approximate surface area is 82.9 Å². The van der Waals surface area contributed by atoms with Crippen molar-refractivity contribution in [2.75, 3.05) is 0 Å². The summed E-state index contributed by atoms with van der Waals surface area (Å²) in [5, 5.41) is 10.5. The summed E-state index contributed by atoms with van der Waals surface area (Å²) in [6.07, 6.45) is -2.99. The van der Waals surface area contributed by atoms with Crippen LogP contribution in [0.3, 0.4) is 0 Å². The Hall–Kier alpha value is -1.92. The standard InChI is InChI=1S/C8H6F2N2O3/c1-4-2-6(12(14)15)5(3-13)7(11-4)8(9)10/h2-3,8H,1H3. The number of rotatable bonds is 3. The SMILES string of the molecule is Cc1cc([N+](=O)[O-])c(C=O)c(C(F)F)n1. The van der Waals surface area contributed by atoms with E-state index in [2.05, 4.69) is 4.98 Å². The smallest absolute Gasteiger partial charge is 0.283 e. The van der Waals surface area contributed by atoms with Crippen molar-refractivity contribution in [2.24, 2.45) is 0 Å². The number of carbonyl (C=O) groups excluding carboxylic acids is 1. The summed E-state index contributed by atoms with van der Waals surface area (Å²) in [7, 11) is 0. The number of pyridine rings is 1. The quantitative estimate of drug-likeness (QED) is 0.440. The van der Waals surface area contributed by atoms with Crippen LogP contribution < -0.4 is 0 Å². The van der Waals surface area contributed by atoms with Gasteiger partial charge in [0, 0.05) is 11.8 Å². The van der Waals surface area contributed by atoms with Gasteiger partial charge in [0.25, 0.3) is 12.1 Å². The molecule has 0 saturated carbocycles. The number of aldehydes is 1. The number of aryl methyl sites for hydroxylation is 1. The molecular formula is C8H6F2N2O3. The number of nitro groups is 1. The molecule has 80 valence electrons. The van der Waals surface area contributed by atoms with Gasteiger partial charge >= 0.3 is 0 Å². The first-order valence-corrected chi connectivity index (χ1v) is 3.86. The Kier molecular flexibility index (Phi) is 3.03. The number of halogens is 2. The number of alkyl halides is 2. The minimum absolute atomic E-state index is 0.0199. The van der Waals surface area contributed by atoms with Crippen molar-refractivity contribution in [1.29, 1.82) is 0 Å². The first-order chi connectivity index (χ1) is 6.97. The highest BCUT2D eigenvalue weighted by atomic mass is 19.3. The highest BCUT2D eigenvalue weighted by molar-refractivity contribution is 5.83. The maximum absolute atomic E-state index is 12.4. The predicted octanol–water partition coefficient (Wildman–Crippen LogP) is 2.05. The average molecular weight is 216 g/mol. The summed E-state index contributed by atoms with van der Waals surface area (Å²) in [5.41, 5.74) is -2.09. The molecule has 0 aliphatic heterocycles. The third kappa shape index (κ3) is 2.12. The van der Waals surface area contributed by atoms with Crippen molar-refractivity contribution >= 4 is 12.0 Å². The van der Waals surface area contributed by atoms with Gasteiger partial charge in [0.05, 0.1) is 4.92 Å². The van der Waals surface area contributed by atoms with Gasteiger partial charge in [0.15, 0.2) is 6.29 Å². The van der Waals surface area contributed by atoms with Crippen LogP contribution in [0.25, 0.3) is 0 Å². The molecule has 0 amide bonds. The van der Waals surface area contributed by atoms with E-state index < -0.39 is 28.3 Å². The lowest BCUT2D eigenvalue weighted by atomic mass is 10.1. The number of aromatic nitrogens is 1. The van der Waals surface area contributed by atoms with Crippen molar-refractivity contribution in [1.82, 2.24) is 4.98 Å². The van der Waals surface area contributed by atoms with E-state index >= 15 is 0 Å². The molecule has 0 aliphatic rings. The van der Waals surface area contributed by atoms with Crippen LogP contribution in [0.2, 0.25) is 0 Å². The fraction of sp³-hybridized carbons (Fsp3) is 0.250. The van der Waals surface area contributed by atoms with Gasteiger partial charge in [0.2, 0.25) is 0 Å². The van der Waals surface area contributed by atoms with Gasteiger partial charge in [-0.25, -0.2) is 8.78 Å². The van der Waals surface area contributed by atoms with E-state index in [4.69, 9.17) is 0 Å². The van der Waals surface area contributed by atoms with Crippen LogP contribution >= 0.6 is 0 Å². The van der Waals surface area contributed by atoms with Gasteiger partial charge in [-0.3, -0.25) is 19.9 Å². The van der Waals surface area contributed by atoms with Gasteiger partial charge in [-0.2, -0.15) is 0 Å². The summed E-state index contributed by atoms with van der Waals surface area (Å²) in [4.78, 5) is 23.5. The Bertz CT molecular complexity index is 421. The Morgan fingerprint density at radius 2 is 2.20 bits per heavy atom. The van der Waals surface area contributed by atoms with Gasteiger partial charge in [-0.1, -0.05) is 0 Å². The lowest BCUT2D eigenvalue weighted by Crippen LogP contribution is -2.04. The maximum atomic E-state index is 12.4. The topological polar surface area (TPSA) is 73.1 Å². The molecule has 1 aromatic heterocycles. The first kappa shape index (κ1) is 11.2. The summed E-state index contributed by atoms with van der Waals surface area (Å²) < 4.78 is 24.8. The minimum atomic E-state index is -3.01. The molecule has 0 aliphatic carbocycles. The molecular weight excluding hydrogens is 210 g/mol. The lowest BCUT2D eigenvalue weighted by Gasteiger charge is -2.04. The summed E-state index contributed by atoms with van der Waals surface area (Å²) in [6.45, 7) is 1.34. The molecule has 1 aromatic rings. The summed E-state index contributed by atoms with van der Waals surface area (Å²) >= 11 is 0. The van der Waals surface area contributed by atoms with Gasteiger partial charge in [-0.05, 0) is 6.92 Å². The Morgan fingerprint density at radius 3 is 2.60 bits per heavy atom. The van der Waals surface area contributed by atoms with Crippen LogP contribution in [0.15, 0.2) is 6.07 Å². The number of hydrogen-bond acceptors (Lipinski definition) is 4. The van der Waals surface area contributed by atoms with Crippen LogP contribution in [-0.4, -0.2) is 16.2 Å². The number of hydrogen-bond donors (Lipinski definition) is 0. The van der Waals surface area contributed by atoms with Crippen molar-refractivity contribution in [3.8, 4) is 0 Å². The molecule has 5 nitrogen and oxygen atoms in total. The third-order valence-corrected chi connectivity index (χ3v) is 1.72. The number of carbonyl (C=O) groups is 1. The molecule has 0 saturated heterocycles. The summed E-state index contributed by atoms with van der Waals surface area (Å²) in [6, 6.07) is 0.982. The predicted molar refractivity (Wildman–Crippen MR) is 46.0 cm³/mol. The van der Waals surface area contributed by atoms with E-state index in [0.717, 1.165) is 6.07 Å². The molecule has 1 heterocycles. The Morgan fingerprint density at radius 1 is 1.60 bits per heavy atom. The van der Waals surface area contributed by atoms with Crippen molar-refractivity contribution in [2.45, 2.75) is 13.3 Å². The molecule has 0 unspecified atom stereocenters. The fourth-order valence-electron chi connectivity index (χ4n) is 1.13. The fourth-order valence-corrected chi connectivity index (χ4v) is 1.13. The maximum Gasteiger partial charge on any atom is 0.283 e. The largest absolute Gasteiger partial charge is 0.298 e. The summed E-state index contributed by atoms with van der Waals surface area (Å²) in [5.74, 6) is 0. The van der Waals surface area contributed by atoms with E-state index in [1.54, 1.807) is 0 Å². The van der Waals surface area contributed by atoms with Crippen LogP contribution in [0.4, 0.5) is 14.5 Å². The normalized spacial score (nSPS) is 10.4. The molecule has 0 aromatic carbocycles. The van der Waals surface area contributed by atoms with E-state index in [1.165, 1.54) is 6.92 Å². The van der Waals surface area contributed by atoms with Crippen LogP contribution in [0, 0.1) is 17.0 Å². The highest BCUT2D eigenvalue weighted by Gasteiger charge is 2.24. The van der Waals surface area contributed by atoms with Gasteiger partial charge in [0.1, 0.15) is 11.3 Å². The molecule has 15 heavy (non-hydrogen) atoms. The zero-order valence-corrected chi connectivity index (χ0v) is 7.61. The monoisotopic (exact) mass is 216 g/mol. The highest BCUT2D eigenvalue weighted by Crippen LogP contribution is 2.27. The minimum Gasteiger partial charge on any atom is -0.298 e. The molecule has 1 rings (SSSR count). The Balaban J connectivity index is 3.52. The molecule has 0 spiro atoms. The van der Waals surface area contributed by atoms with E-state index in [9.17, 15) is 23.7 Å². The molecule has 0 bridgehead atoms. The first-order valence-electron chi connectivity index (χ1n) is 3.86. The van der Waals surface area contributed by atoms with E-state index in [1.807, 2.05) is 0 Å². The van der Waals surface area contributed by atoms with Crippen molar-refractivity contribution in [3.63, 3.8) is 0 Å². The molecule has 7 heteroatoms. The van der Waals surface area contributed by atoms with Crippen LogP contribution in [0.1, 0.15) is 28.2 Å². The van der Waals surface area contributed by atoms with Crippen LogP contribution in [0.5, 0.6) is 0 Å². The molecule has 0 fully saturated rings. The second-order valence-electron chi connectivity index (χ2n) is 2.76. The van der Waals surface area contributed by atoms with Crippen molar-refractivity contribution < 1.29 is 18.5 Å². The van der Waals surface area contributed by atoms with E-state index in [0.29, 0.717) is 0 Å². The third-order valence-electron chi connectivity index (χ3n) is 1.72. The lowest BCUT2D eigenvalue weighted by molar-refractivity contribution is -0.385. The second-order valence-corrected chi connectivity index (χ2v) is 2.76. The molecule has 0 N–H and O–H groups in total. The number of nitrogens with zero attached hydrogens (tertiary/aromatic N) is 2. The molecule has 0 radical (unpaired) electrons. The van der Waals surface area contributed by atoms with Crippen LogP contribution in [-0.2, 0) is 0 Å². The zero-order chi connectivity index (χ0) is 11.6. The van der Waals surface area contributed by atoms with Gasteiger partial charge < -0.3 is 0 Å². The van der Waals surface area contributed by atoms with Gasteiger partial charge in [-0.15, -0.1) is 0 Å². The van der Waals surface area contributed by atoms with E-state index in [-0.39, 0.29) is 12.0 Å².